The quantitative estimate of drug-likeness (QED) is 0.884. The lowest BCUT2D eigenvalue weighted by Crippen LogP contribution is -2.31. The van der Waals surface area contributed by atoms with Gasteiger partial charge in [0, 0.05) is 31.2 Å². The Kier molecular flexibility index (Phi) is 4.10. The number of aromatic nitrogens is 1. The molecular formula is C16H21N3O2. The summed E-state index contributed by atoms with van der Waals surface area (Å²) in [5.74, 6) is 2.57. The number of benzene rings is 1. The van der Waals surface area contributed by atoms with Crippen molar-refractivity contribution >= 4 is 16.6 Å². The highest BCUT2D eigenvalue weighted by atomic mass is 16.7. The zero-order valence-corrected chi connectivity index (χ0v) is 12.3. The first-order chi connectivity index (χ1) is 10.3. The van der Waals surface area contributed by atoms with Crippen molar-refractivity contribution in [1.29, 1.82) is 0 Å². The first-order valence-corrected chi connectivity index (χ1v) is 7.47. The van der Waals surface area contributed by atoms with Crippen LogP contribution in [0.25, 0.3) is 10.8 Å². The van der Waals surface area contributed by atoms with Gasteiger partial charge in [0.15, 0.2) is 11.5 Å². The van der Waals surface area contributed by atoms with Gasteiger partial charge in [-0.1, -0.05) is 13.3 Å². The molecule has 0 bridgehead atoms. The fourth-order valence-electron chi connectivity index (χ4n) is 2.63. The molecule has 21 heavy (non-hydrogen) atoms. The van der Waals surface area contributed by atoms with E-state index in [1.165, 1.54) is 0 Å². The molecule has 0 unspecified atom stereocenters. The largest absolute Gasteiger partial charge is 0.454 e. The third-order valence-electron chi connectivity index (χ3n) is 3.72. The van der Waals surface area contributed by atoms with Crippen molar-refractivity contribution < 1.29 is 9.47 Å². The van der Waals surface area contributed by atoms with Crippen LogP contribution in [0.2, 0.25) is 0 Å². The molecule has 0 saturated heterocycles. The van der Waals surface area contributed by atoms with Crippen LogP contribution >= 0.6 is 0 Å². The molecule has 2 N–H and O–H groups in total. The van der Waals surface area contributed by atoms with E-state index in [1.807, 2.05) is 24.4 Å². The minimum Gasteiger partial charge on any atom is -0.454 e. The molecule has 1 aliphatic rings. The highest BCUT2D eigenvalue weighted by Crippen LogP contribution is 2.38. The van der Waals surface area contributed by atoms with E-state index in [9.17, 15) is 0 Å². The lowest BCUT2D eigenvalue weighted by Gasteiger charge is -2.24. The highest BCUT2D eigenvalue weighted by Gasteiger charge is 2.18. The van der Waals surface area contributed by atoms with Crippen molar-refractivity contribution in [3.63, 3.8) is 0 Å². The maximum atomic E-state index is 5.76. The second kappa shape index (κ2) is 6.18. The monoisotopic (exact) mass is 287 g/mol. The second-order valence-corrected chi connectivity index (χ2v) is 5.19. The van der Waals surface area contributed by atoms with Crippen molar-refractivity contribution in [2.45, 2.75) is 19.8 Å². The van der Waals surface area contributed by atoms with Crippen molar-refractivity contribution in [3.8, 4) is 11.5 Å². The van der Waals surface area contributed by atoms with Gasteiger partial charge in [0.1, 0.15) is 5.82 Å². The first kappa shape index (κ1) is 13.9. The van der Waals surface area contributed by atoms with Gasteiger partial charge in [-0.15, -0.1) is 0 Å². The lowest BCUT2D eigenvalue weighted by molar-refractivity contribution is 0.174. The van der Waals surface area contributed by atoms with Gasteiger partial charge in [-0.25, -0.2) is 4.98 Å². The van der Waals surface area contributed by atoms with E-state index in [2.05, 4.69) is 16.8 Å². The standard InChI is InChI=1S/C16H21N3O2/c1-2-3-7-19(8-5-17)16-13-10-15-14(20-11-21-15)9-12(13)4-6-18-16/h4,6,9-10H,2-3,5,7-8,11,17H2,1H3. The molecule has 0 fully saturated rings. The van der Waals surface area contributed by atoms with Gasteiger partial charge < -0.3 is 20.1 Å². The number of fused-ring (bicyclic) bond motifs is 2. The van der Waals surface area contributed by atoms with Gasteiger partial charge >= 0.3 is 0 Å². The van der Waals surface area contributed by atoms with Gasteiger partial charge in [0.05, 0.1) is 0 Å². The summed E-state index contributed by atoms with van der Waals surface area (Å²) in [7, 11) is 0. The Labute approximate surface area is 124 Å². The second-order valence-electron chi connectivity index (χ2n) is 5.19. The van der Waals surface area contributed by atoms with Gasteiger partial charge in [-0.3, -0.25) is 0 Å². The molecule has 2 heterocycles. The Morgan fingerprint density at radius 1 is 1.24 bits per heavy atom. The maximum Gasteiger partial charge on any atom is 0.231 e. The van der Waals surface area contributed by atoms with Crippen LogP contribution in [0.15, 0.2) is 24.4 Å². The number of unbranched alkanes of at least 4 members (excludes halogenated alkanes) is 1. The Morgan fingerprint density at radius 3 is 2.81 bits per heavy atom. The molecule has 5 heteroatoms. The molecule has 1 aliphatic heterocycles. The predicted molar refractivity (Wildman–Crippen MR) is 84.0 cm³/mol. The smallest absolute Gasteiger partial charge is 0.231 e. The van der Waals surface area contributed by atoms with Crippen LogP contribution in [0.3, 0.4) is 0 Å². The molecular weight excluding hydrogens is 266 g/mol. The van der Waals surface area contributed by atoms with E-state index in [0.29, 0.717) is 6.54 Å². The summed E-state index contributed by atoms with van der Waals surface area (Å²) in [6, 6.07) is 6.04. The number of nitrogens with two attached hydrogens (primary N) is 1. The van der Waals surface area contributed by atoms with E-state index < -0.39 is 0 Å². The summed E-state index contributed by atoms with van der Waals surface area (Å²) < 4.78 is 10.9. The molecule has 0 atom stereocenters. The van der Waals surface area contributed by atoms with Crippen LogP contribution < -0.4 is 20.1 Å². The SMILES string of the molecule is CCCCN(CCN)c1nccc2cc3c(cc12)OCO3. The van der Waals surface area contributed by atoms with Crippen LogP contribution in [0.1, 0.15) is 19.8 Å². The minimum atomic E-state index is 0.288. The van der Waals surface area contributed by atoms with Crippen LogP contribution in [0, 0.1) is 0 Å². The van der Waals surface area contributed by atoms with Gasteiger partial charge in [-0.05, 0) is 30.0 Å². The summed E-state index contributed by atoms with van der Waals surface area (Å²) >= 11 is 0. The van der Waals surface area contributed by atoms with Crippen molar-refractivity contribution in [2.24, 2.45) is 5.73 Å². The zero-order chi connectivity index (χ0) is 14.7. The zero-order valence-electron chi connectivity index (χ0n) is 12.3. The normalized spacial score (nSPS) is 12.9. The topological polar surface area (TPSA) is 60.6 Å². The predicted octanol–water partition coefficient (Wildman–Crippen LogP) is 2.53. The average Bonchev–Trinajstić information content (AvgIpc) is 2.96. The molecule has 2 aromatic rings. The number of ether oxygens (including phenoxy) is 2. The van der Waals surface area contributed by atoms with Crippen LogP contribution in [-0.2, 0) is 0 Å². The fraction of sp³-hybridized carbons (Fsp3) is 0.438. The molecule has 0 amide bonds. The molecule has 112 valence electrons. The molecule has 0 spiro atoms. The minimum absolute atomic E-state index is 0.288. The summed E-state index contributed by atoms with van der Waals surface area (Å²) in [5, 5.41) is 2.20. The summed E-state index contributed by atoms with van der Waals surface area (Å²) in [5.41, 5.74) is 5.76. The summed E-state index contributed by atoms with van der Waals surface area (Å²) in [6.45, 7) is 4.87. The number of anilines is 1. The molecule has 0 radical (unpaired) electrons. The van der Waals surface area contributed by atoms with Crippen molar-refractivity contribution in [2.75, 3.05) is 31.3 Å². The Hall–Kier alpha value is -2.01. The first-order valence-electron chi connectivity index (χ1n) is 7.47. The number of hydrogen-bond donors (Lipinski definition) is 1. The van der Waals surface area contributed by atoms with Crippen molar-refractivity contribution in [3.05, 3.63) is 24.4 Å². The number of nitrogens with zero attached hydrogens (tertiary/aromatic N) is 2. The molecule has 3 rings (SSSR count). The Bertz CT molecular complexity index is 630. The summed E-state index contributed by atoms with van der Waals surface area (Å²) in [6.07, 6.45) is 4.12. The van der Waals surface area contributed by atoms with Gasteiger partial charge in [0.25, 0.3) is 0 Å². The van der Waals surface area contributed by atoms with E-state index in [1.54, 1.807) is 0 Å². The maximum absolute atomic E-state index is 5.76. The molecule has 5 nitrogen and oxygen atoms in total. The van der Waals surface area contributed by atoms with Crippen molar-refractivity contribution in [1.82, 2.24) is 4.98 Å². The highest BCUT2D eigenvalue weighted by molar-refractivity contribution is 5.94. The molecule has 1 aromatic carbocycles. The third kappa shape index (κ3) is 2.74. The van der Waals surface area contributed by atoms with E-state index in [4.69, 9.17) is 15.2 Å². The van der Waals surface area contributed by atoms with Crippen LogP contribution in [0.5, 0.6) is 11.5 Å². The molecule has 0 aliphatic carbocycles. The van der Waals surface area contributed by atoms with Gasteiger partial charge in [-0.2, -0.15) is 0 Å². The van der Waals surface area contributed by atoms with E-state index >= 15 is 0 Å². The van der Waals surface area contributed by atoms with Gasteiger partial charge in [0.2, 0.25) is 6.79 Å². The molecule has 1 aromatic heterocycles. The van der Waals surface area contributed by atoms with E-state index in [0.717, 1.165) is 54.0 Å². The lowest BCUT2D eigenvalue weighted by atomic mass is 10.1. The van der Waals surface area contributed by atoms with Crippen LogP contribution in [0.4, 0.5) is 5.82 Å². The Morgan fingerprint density at radius 2 is 2.05 bits per heavy atom. The van der Waals surface area contributed by atoms with E-state index in [-0.39, 0.29) is 6.79 Å². The number of rotatable bonds is 6. The van der Waals surface area contributed by atoms with Crippen LogP contribution in [-0.4, -0.2) is 31.4 Å². The third-order valence-corrected chi connectivity index (χ3v) is 3.72. The summed E-state index contributed by atoms with van der Waals surface area (Å²) in [4.78, 5) is 6.84. The number of hydrogen-bond acceptors (Lipinski definition) is 5. The molecule has 0 saturated carbocycles. The fourth-order valence-corrected chi connectivity index (χ4v) is 2.63. The average molecular weight is 287 g/mol. The Balaban J connectivity index is 2.03. The number of pyridine rings is 1.